The van der Waals surface area contributed by atoms with E-state index in [1.807, 2.05) is 30.6 Å². The number of anilines is 1. The molecule has 1 heterocycles. The maximum atomic E-state index is 5.92. The Hall–Kier alpha value is -1.77. The fraction of sp³-hybridized carbons (Fsp3) is 0.308. The summed E-state index contributed by atoms with van der Waals surface area (Å²) in [5.41, 5.74) is 7.91. The summed E-state index contributed by atoms with van der Waals surface area (Å²) in [6, 6.07) is 7.96. The lowest BCUT2D eigenvalue weighted by atomic mass is 10.1. The molecule has 2 rings (SSSR count). The highest BCUT2D eigenvalue weighted by molar-refractivity contribution is 5.47. The lowest BCUT2D eigenvalue weighted by Crippen LogP contribution is -2.04. The molecule has 0 bridgehead atoms. The lowest BCUT2D eigenvalue weighted by Gasteiger charge is -2.08. The van der Waals surface area contributed by atoms with E-state index in [4.69, 9.17) is 5.73 Å². The standard InChI is InChI=1S/C13H17N3/c1-2-8-16-9-7-15-13(16)10-11-5-3-4-6-12(11)14/h3-7,9H,2,8,10,14H2,1H3. The third kappa shape index (κ3) is 2.24. The van der Waals surface area contributed by atoms with E-state index in [1.165, 1.54) is 0 Å². The van der Waals surface area contributed by atoms with Crippen LogP contribution in [0.1, 0.15) is 24.7 Å². The summed E-state index contributed by atoms with van der Waals surface area (Å²) in [5.74, 6) is 1.08. The third-order valence-corrected chi connectivity index (χ3v) is 2.67. The van der Waals surface area contributed by atoms with Gasteiger partial charge >= 0.3 is 0 Å². The number of aryl methyl sites for hydroxylation is 1. The fourth-order valence-corrected chi connectivity index (χ4v) is 1.82. The first-order valence-electron chi connectivity index (χ1n) is 5.64. The van der Waals surface area contributed by atoms with Crippen molar-refractivity contribution in [3.8, 4) is 0 Å². The fourth-order valence-electron chi connectivity index (χ4n) is 1.82. The van der Waals surface area contributed by atoms with Gasteiger partial charge in [-0.2, -0.15) is 0 Å². The summed E-state index contributed by atoms with van der Waals surface area (Å²) in [5, 5.41) is 0. The number of hydrogen-bond donors (Lipinski definition) is 1. The number of para-hydroxylation sites is 1. The van der Waals surface area contributed by atoms with Crippen molar-refractivity contribution < 1.29 is 0 Å². The Labute approximate surface area is 95.9 Å². The van der Waals surface area contributed by atoms with Crippen molar-refractivity contribution in [2.24, 2.45) is 0 Å². The van der Waals surface area contributed by atoms with Crippen LogP contribution in [-0.4, -0.2) is 9.55 Å². The van der Waals surface area contributed by atoms with E-state index in [-0.39, 0.29) is 0 Å². The number of benzene rings is 1. The summed E-state index contributed by atoms with van der Waals surface area (Å²) >= 11 is 0. The van der Waals surface area contributed by atoms with Crippen LogP contribution in [0.4, 0.5) is 5.69 Å². The number of nitrogen functional groups attached to an aromatic ring is 1. The van der Waals surface area contributed by atoms with Gasteiger partial charge in [0.15, 0.2) is 0 Å². The van der Waals surface area contributed by atoms with Gasteiger partial charge in [0.05, 0.1) is 0 Å². The normalized spacial score (nSPS) is 10.6. The smallest absolute Gasteiger partial charge is 0.113 e. The summed E-state index contributed by atoms with van der Waals surface area (Å²) in [6.07, 6.45) is 5.80. The van der Waals surface area contributed by atoms with Gasteiger partial charge in [-0.15, -0.1) is 0 Å². The van der Waals surface area contributed by atoms with Gasteiger partial charge in [-0.1, -0.05) is 25.1 Å². The highest BCUT2D eigenvalue weighted by Gasteiger charge is 2.05. The Morgan fingerprint density at radius 2 is 2.12 bits per heavy atom. The molecule has 84 valence electrons. The topological polar surface area (TPSA) is 43.8 Å². The molecular weight excluding hydrogens is 198 g/mol. The molecule has 0 saturated heterocycles. The van der Waals surface area contributed by atoms with E-state index in [2.05, 4.69) is 22.5 Å². The van der Waals surface area contributed by atoms with Gasteiger partial charge in [-0.05, 0) is 18.1 Å². The van der Waals surface area contributed by atoms with Crippen LogP contribution in [0.3, 0.4) is 0 Å². The Morgan fingerprint density at radius 1 is 1.31 bits per heavy atom. The van der Waals surface area contributed by atoms with Crippen molar-refractivity contribution in [1.29, 1.82) is 0 Å². The van der Waals surface area contributed by atoms with E-state index in [0.29, 0.717) is 0 Å². The zero-order valence-electron chi connectivity index (χ0n) is 9.56. The second-order valence-electron chi connectivity index (χ2n) is 3.91. The first kappa shape index (κ1) is 10.7. The number of rotatable bonds is 4. The predicted molar refractivity (Wildman–Crippen MR) is 66.2 cm³/mol. The van der Waals surface area contributed by atoms with E-state index < -0.39 is 0 Å². The van der Waals surface area contributed by atoms with Crippen LogP contribution in [0, 0.1) is 0 Å². The molecule has 0 amide bonds. The van der Waals surface area contributed by atoms with Crippen LogP contribution in [-0.2, 0) is 13.0 Å². The molecule has 1 aromatic heterocycles. The van der Waals surface area contributed by atoms with Crippen LogP contribution in [0.2, 0.25) is 0 Å². The molecular formula is C13H17N3. The number of imidazole rings is 1. The van der Waals surface area contributed by atoms with Gasteiger partial charge in [0.2, 0.25) is 0 Å². The molecule has 0 aliphatic carbocycles. The molecule has 1 aromatic carbocycles. The van der Waals surface area contributed by atoms with Crippen molar-refractivity contribution >= 4 is 5.69 Å². The average molecular weight is 215 g/mol. The molecule has 3 heteroatoms. The van der Waals surface area contributed by atoms with Gasteiger partial charge in [0, 0.05) is 31.0 Å². The number of nitrogens with zero attached hydrogens (tertiary/aromatic N) is 2. The Morgan fingerprint density at radius 3 is 2.88 bits per heavy atom. The Balaban J connectivity index is 2.20. The minimum atomic E-state index is 0.805. The maximum Gasteiger partial charge on any atom is 0.113 e. The largest absolute Gasteiger partial charge is 0.398 e. The molecule has 0 atom stereocenters. The number of aromatic nitrogens is 2. The predicted octanol–water partition coefficient (Wildman–Crippen LogP) is 2.47. The van der Waals surface area contributed by atoms with Gasteiger partial charge < -0.3 is 10.3 Å². The summed E-state index contributed by atoms with van der Waals surface area (Å²) in [4.78, 5) is 4.38. The highest BCUT2D eigenvalue weighted by Crippen LogP contribution is 2.15. The van der Waals surface area contributed by atoms with Crippen LogP contribution in [0.25, 0.3) is 0 Å². The number of nitrogens with two attached hydrogens (primary N) is 1. The molecule has 0 saturated carbocycles. The monoisotopic (exact) mass is 215 g/mol. The lowest BCUT2D eigenvalue weighted by molar-refractivity contribution is 0.647. The summed E-state index contributed by atoms with van der Waals surface area (Å²) < 4.78 is 2.19. The second kappa shape index (κ2) is 4.84. The van der Waals surface area contributed by atoms with Crippen molar-refractivity contribution in [1.82, 2.24) is 9.55 Å². The van der Waals surface area contributed by atoms with E-state index in [0.717, 1.165) is 36.5 Å². The zero-order chi connectivity index (χ0) is 11.4. The van der Waals surface area contributed by atoms with Crippen molar-refractivity contribution in [3.63, 3.8) is 0 Å². The van der Waals surface area contributed by atoms with Gasteiger partial charge in [0.25, 0.3) is 0 Å². The molecule has 0 fully saturated rings. The van der Waals surface area contributed by atoms with Gasteiger partial charge in [-0.25, -0.2) is 4.98 Å². The average Bonchev–Trinajstić information content (AvgIpc) is 2.70. The minimum Gasteiger partial charge on any atom is -0.398 e. The maximum absolute atomic E-state index is 5.92. The quantitative estimate of drug-likeness (QED) is 0.796. The molecule has 3 nitrogen and oxygen atoms in total. The second-order valence-corrected chi connectivity index (χ2v) is 3.91. The van der Waals surface area contributed by atoms with Gasteiger partial charge in [0.1, 0.15) is 5.82 Å². The zero-order valence-corrected chi connectivity index (χ0v) is 9.56. The Bertz CT molecular complexity index is 460. The Kier molecular flexibility index (Phi) is 3.25. The SMILES string of the molecule is CCCn1ccnc1Cc1ccccc1N. The summed E-state index contributed by atoms with van der Waals surface area (Å²) in [6.45, 7) is 3.18. The van der Waals surface area contributed by atoms with Crippen LogP contribution in [0.5, 0.6) is 0 Å². The number of hydrogen-bond acceptors (Lipinski definition) is 2. The molecule has 0 unspecified atom stereocenters. The van der Waals surface area contributed by atoms with Crippen LogP contribution < -0.4 is 5.73 Å². The molecule has 0 aliphatic heterocycles. The third-order valence-electron chi connectivity index (χ3n) is 2.67. The molecule has 0 aliphatic rings. The van der Waals surface area contributed by atoms with Gasteiger partial charge in [-0.3, -0.25) is 0 Å². The molecule has 2 aromatic rings. The van der Waals surface area contributed by atoms with E-state index in [1.54, 1.807) is 0 Å². The van der Waals surface area contributed by atoms with Crippen LogP contribution in [0.15, 0.2) is 36.7 Å². The first-order chi connectivity index (χ1) is 7.81. The molecule has 0 radical (unpaired) electrons. The highest BCUT2D eigenvalue weighted by atomic mass is 15.1. The molecule has 2 N–H and O–H groups in total. The van der Waals surface area contributed by atoms with Crippen LogP contribution >= 0.6 is 0 Å². The van der Waals surface area contributed by atoms with E-state index in [9.17, 15) is 0 Å². The first-order valence-corrected chi connectivity index (χ1v) is 5.64. The van der Waals surface area contributed by atoms with Crippen molar-refractivity contribution in [2.45, 2.75) is 26.3 Å². The van der Waals surface area contributed by atoms with Crippen molar-refractivity contribution in [2.75, 3.05) is 5.73 Å². The van der Waals surface area contributed by atoms with Crippen molar-refractivity contribution in [3.05, 3.63) is 48.0 Å². The minimum absolute atomic E-state index is 0.805. The molecule has 16 heavy (non-hydrogen) atoms. The molecule has 0 spiro atoms. The summed E-state index contributed by atoms with van der Waals surface area (Å²) in [7, 11) is 0. The van der Waals surface area contributed by atoms with E-state index >= 15 is 0 Å².